The number of halogens is 1. The predicted molar refractivity (Wildman–Crippen MR) is 113 cm³/mol. The average molecular weight is 441 g/mol. The molecule has 29 heavy (non-hydrogen) atoms. The summed E-state index contributed by atoms with van der Waals surface area (Å²) in [5, 5.41) is 3.30. The lowest BCUT2D eigenvalue weighted by Gasteiger charge is -2.25. The van der Waals surface area contributed by atoms with Crippen molar-refractivity contribution in [2.75, 3.05) is 25.6 Å². The van der Waals surface area contributed by atoms with Crippen molar-refractivity contribution < 1.29 is 22.7 Å². The summed E-state index contributed by atoms with van der Waals surface area (Å²) < 4.78 is 37.6. The van der Waals surface area contributed by atoms with Crippen LogP contribution in [0.3, 0.4) is 0 Å². The van der Waals surface area contributed by atoms with Gasteiger partial charge in [0.25, 0.3) is 5.91 Å². The zero-order chi connectivity index (χ0) is 21.5. The van der Waals surface area contributed by atoms with Crippen molar-refractivity contribution in [3.8, 4) is 5.75 Å². The third-order valence-electron chi connectivity index (χ3n) is 3.97. The average Bonchev–Trinajstić information content (AvgIpc) is 2.67. The summed E-state index contributed by atoms with van der Waals surface area (Å²) in [6, 6.07) is 12.6. The van der Waals surface area contributed by atoms with E-state index < -0.39 is 15.6 Å². The van der Waals surface area contributed by atoms with Crippen LogP contribution in [0, 0.1) is 0 Å². The Labute approximate surface area is 176 Å². The van der Waals surface area contributed by atoms with E-state index in [2.05, 4.69) is 10.0 Å². The van der Waals surface area contributed by atoms with E-state index in [1.807, 2.05) is 0 Å². The molecule has 2 rings (SSSR count). The number of anilines is 1. The van der Waals surface area contributed by atoms with Gasteiger partial charge in [-0.3, -0.25) is 4.79 Å². The topological polar surface area (TPSA) is 93.7 Å². The van der Waals surface area contributed by atoms with Gasteiger partial charge in [0.1, 0.15) is 5.75 Å². The molecule has 0 radical (unpaired) electrons. The Kier molecular flexibility index (Phi) is 8.04. The van der Waals surface area contributed by atoms with Gasteiger partial charge in [0.05, 0.1) is 4.90 Å². The summed E-state index contributed by atoms with van der Waals surface area (Å²) in [7, 11) is -2.05. The largest absolute Gasteiger partial charge is 0.478 e. The second-order valence-electron chi connectivity index (χ2n) is 6.79. The number of ether oxygens (including phenoxy) is 2. The Balaban J connectivity index is 1.99. The molecule has 0 aliphatic rings. The number of rotatable bonds is 10. The van der Waals surface area contributed by atoms with E-state index in [1.165, 1.54) is 24.3 Å². The maximum absolute atomic E-state index is 12.6. The molecular weight excluding hydrogens is 416 g/mol. The van der Waals surface area contributed by atoms with E-state index in [-0.39, 0.29) is 17.3 Å². The highest BCUT2D eigenvalue weighted by atomic mass is 35.5. The molecule has 0 aromatic heterocycles. The fourth-order valence-corrected chi connectivity index (χ4v) is 3.55. The van der Waals surface area contributed by atoms with Gasteiger partial charge in [0.2, 0.25) is 10.0 Å². The van der Waals surface area contributed by atoms with Crippen LogP contribution >= 0.6 is 11.6 Å². The fourth-order valence-electron chi connectivity index (χ4n) is 2.35. The van der Waals surface area contributed by atoms with Crippen LogP contribution in [-0.4, -0.2) is 40.2 Å². The molecule has 9 heteroatoms. The number of hydrogen-bond donors (Lipinski definition) is 2. The van der Waals surface area contributed by atoms with E-state index in [9.17, 15) is 13.2 Å². The van der Waals surface area contributed by atoms with Gasteiger partial charge in [-0.25, -0.2) is 13.1 Å². The number of amides is 1. The number of sulfonamides is 1. The molecule has 0 saturated carbocycles. The molecule has 0 fully saturated rings. The lowest BCUT2D eigenvalue weighted by atomic mass is 10.1. The first-order valence-electron chi connectivity index (χ1n) is 8.99. The summed E-state index contributed by atoms with van der Waals surface area (Å²) in [5.74, 6) is 0.135. The quantitative estimate of drug-likeness (QED) is 0.552. The first-order chi connectivity index (χ1) is 13.6. The van der Waals surface area contributed by atoms with Crippen LogP contribution in [0.25, 0.3) is 0 Å². The van der Waals surface area contributed by atoms with Gasteiger partial charge in [0, 0.05) is 31.0 Å². The van der Waals surface area contributed by atoms with E-state index >= 15 is 0 Å². The molecule has 158 valence electrons. The van der Waals surface area contributed by atoms with Crippen molar-refractivity contribution in [2.24, 2.45) is 0 Å². The maximum Gasteiger partial charge on any atom is 0.267 e. The van der Waals surface area contributed by atoms with Crippen LogP contribution in [0.15, 0.2) is 53.4 Å². The van der Waals surface area contributed by atoms with E-state index in [1.54, 1.807) is 45.2 Å². The van der Waals surface area contributed by atoms with Crippen molar-refractivity contribution in [1.82, 2.24) is 4.72 Å². The molecule has 0 atom stereocenters. The summed E-state index contributed by atoms with van der Waals surface area (Å²) in [6.07, 6.45) is 0.576. The molecule has 0 saturated heterocycles. The fraction of sp³-hybridized carbons (Fsp3) is 0.350. The molecule has 0 unspecified atom stereocenters. The molecule has 0 aliphatic heterocycles. The Morgan fingerprint density at radius 1 is 1.07 bits per heavy atom. The van der Waals surface area contributed by atoms with E-state index in [0.29, 0.717) is 29.5 Å². The van der Waals surface area contributed by atoms with Crippen molar-refractivity contribution in [2.45, 2.75) is 30.8 Å². The standard InChI is InChI=1S/C20H25ClN2O5S/c1-20(2,28-17-9-5-15(21)6-10-17)19(24)23-16-7-11-18(12-8-16)29(25,26)22-13-4-14-27-3/h5-12,22H,4,13-14H2,1-3H3,(H,23,24). The minimum atomic E-state index is -3.61. The first-order valence-corrected chi connectivity index (χ1v) is 10.8. The highest BCUT2D eigenvalue weighted by molar-refractivity contribution is 7.89. The van der Waals surface area contributed by atoms with E-state index in [4.69, 9.17) is 21.1 Å². The molecule has 2 N–H and O–H groups in total. The lowest BCUT2D eigenvalue weighted by Crippen LogP contribution is -2.42. The maximum atomic E-state index is 12.6. The van der Waals surface area contributed by atoms with Crippen molar-refractivity contribution in [1.29, 1.82) is 0 Å². The molecular formula is C20H25ClN2O5S. The summed E-state index contributed by atoms with van der Waals surface area (Å²) in [6.45, 7) is 4.03. The van der Waals surface area contributed by atoms with Crippen LogP contribution < -0.4 is 14.8 Å². The second-order valence-corrected chi connectivity index (χ2v) is 8.99. The Morgan fingerprint density at radius 3 is 2.28 bits per heavy atom. The van der Waals surface area contributed by atoms with Crippen molar-refractivity contribution >= 4 is 33.2 Å². The second kappa shape index (κ2) is 10.1. The lowest BCUT2D eigenvalue weighted by molar-refractivity contribution is -0.128. The van der Waals surface area contributed by atoms with Gasteiger partial charge in [-0.15, -0.1) is 0 Å². The van der Waals surface area contributed by atoms with Gasteiger partial charge in [0.15, 0.2) is 5.60 Å². The number of nitrogens with one attached hydrogen (secondary N) is 2. The first kappa shape index (κ1) is 23.2. The number of benzene rings is 2. The number of carbonyl (C=O) groups is 1. The van der Waals surface area contributed by atoms with Gasteiger partial charge in [-0.2, -0.15) is 0 Å². The third kappa shape index (κ3) is 7.01. The van der Waals surface area contributed by atoms with Crippen molar-refractivity contribution in [3.63, 3.8) is 0 Å². The monoisotopic (exact) mass is 440 g/mol. The smallest absolute Gasteiger partial charge is 0.267 e. The van der Waals surface area contributed by atoms with Crippen LogP contribution in [-0.2, 0) is 19.6 Å². The number of hydrogen-bond acceptors (Lipinski definition) is 5. The molecule has 0 bridgehead atoms. The molecule has 7 nitrogen and oxygen atoms in total. The number of methoxy groups -OCH3 is 1. The molecule has 0 aliphatic carbocycles. The third-order valence-corrected chi connectivity index (χ3v) is 5.70. The SMILES string of the molecule is COCCCNS(=O)(=O)c1ccc(NC(=O)C(C)(C)Oc2ccc(Cl)cc2)cc1. The summed E-state index contributed by atoms with van der Waals surface area (Å²) >= 11 is 5.85. The minimum Gasteiger partial charge on any atom is -0.478 e. The zero-order valence-electron chi connectivity index (χ0n) is 16.6. The van der Waals surface area contributed by atoms with Crippen LogP contribution in [0.4, 0.5) is 5.69 Å². The minimum absolute atomic E-state index is 0.115. The van der Waals surface area contributed by atoms with Crippen LogP contribution in [0.5, 0.6) is 5.75 Å². The molecule has 0 spiro atoms. The Morgan fingerprint density at radius 2 is 1.69 bits per heavy atom. The zero-order valence-corrected chi connectivity index (χ0v) is 18.1. The van der Waals surface area contributed by atoms with Crippen LogP contribution in [0.2, 0.25) is 5.02 Å². The summed E-state index contributed by atoms with van der Waals surface area (Å²) in [5.41, 5.74) is -0.692. The molecule has 1 amide bonds. The predicted octanol–water partition coefficient (Wildman–Crippen LogP) is 3.45. The van der Waals surface area contributed by atoms with Crippen LogP contribution in [0.1, 0.15) is 20.3 Å². The summed E-state index contributed by atoms with van der Waals surface area (Å²) in [4.78, 5) is 12.7. The molecule has 2 aromatic rings. The highest BCUT2D eigenvalue weighted by Crippen LogP contribution is 2.22. The van der Waals surface area contributed by atoms with Crippen molar-refractivity contribution in [3.05, 3.63) is 53.6 Å². The normalized spacial score (nSPS) is 11.9. The van der Waals surface area contributed by atoms with Gasteiger partial charge < -0.3 is 14.8 Å². The van der Waals surface area contributed by atoms with Gasteiger partial charge in [-0.1, -0.05) is 11.6 Å². The molecule has 0 heterocycles. The highest BCUT2D eigenvalue weighted by Gasteiger charge is 2.30. The van der Waals surface area contributed by atoms with E-state index in [0.717, 1.165) is 0 Å². The number of carbonyl (C=O) groups excluding carboxylic acids is 1. The Bertz CT molecular complexity index is 913. The van der Waals surface area contributed by atoms with Gasteiger partial charge >= 0.3 is 0 Å². The Hall–Kier alpha value is -2.13. The van der Waals surface area contributed by atoms with Gasteiger partial charge in [-0.05, 0) is 68.8 Å². The molecule has 2 aromatic carbocycles.